The van der Waals surface area contributed by atoms with E-state index >= 15 is 0 Å². The monoisotopic (exact) mass is 301 g/mol. The number of aromatic amines is 1. The van der Waals surface area contributed by atoms with Gasteiger partial charge in [-0.2, -0.15) is 0 Å². The molecule has 0 aromatic carbocycles. The fourth-order valence-electron chi connectivity index (χ4n) is 2.11. The summed E-state index contributed by atoms with van der Waals surface area (Å²) < 4.78 is 0. The molecule has 1 amide bonds. The van der Waals surface area contributed by atoms with Crippen LogP contribution in [0.4, 0.5) is 5.82 Å². The van der Waals surface area contributed by atoms with Gasteiger partial charge in [0.2, 0.25) is 0 Å². The molecule has 0 saturated heterocycles. The third kappa shape index (κ3) is 2.34. The van der Waals surface area contributed by atoms with E-state index in [1.54, 1.807) is 12.1 Å². The zero-order valence-electron chi connectivity index (χ0n) is 11.4. The third-order valence-electron chi connectivity index (χ3n) is 3.30. The molecule has 2 N–H and O–H groups in total. The molecule has 0 atom stereocenters. The number of halogens is 1. The van der Waals surface area contributed by atoms with Crippen LogP contribution in [0.5, 0.6) is 0 Å². The van der Waals surface area contributed by atoms with Crippen LogP contribution in [-0.2, 0) is 0 Å². The van der Waals surface area contributed by atoms with Gasteiger partial charge in [-0.1, -0.05) is 11.6 Å². The largest absolute Gasteiger partial charge is 0.343 e. The molecule has 3 rings (SSSR count). The molecule has 0 saturated carbocycles. The molecule has 0 aliphatic heterocycles. The van der Waals surface area contributed by atoms with E-state index in [9.17, 15) is 4.79 Å². The van der Waals surface area contributed by atoms with E-state index in [0.717, 1.165) is 16.6 Å². The topological polar surface area (TPSA) is 83.6 Å². The maximum Gasteiger partial charge on any atom is 0.276 e. The quantitative estimate of drug-likeness (QED) is 0.762. The minimum Gasteiger partial charge on any atom is -0.343 e. The van der Waals surface area contributed by atoms with Crippen molar-refractivity contribution in [1.82, 2.24) is 19.9 Å². The van der Waals surface area contributed by atoms with Crippen LogP contribution >= 0.6 is 11.6 Å². The zero-order valence-corrected chi connectivity index (χ0v) is 12.2. The number of rotatable bonds is 2. The first-order valence-corrected chi connectivity index (χ1v) is 6.67. The Labute approximate surface area is 125 Å². The summed E-state index contributed by atoms with van der Waals surface area (Å²) in [4.78, 5) is 27.7. The van der Waals surface area contributed by atoms with Crippen molar-refractivity contribution in [3.05, 3.63) is 46.6 Å². The number of nitrogens with one attached hydrogen (secondary N) is 2. The van der Waals surface area contributed by atoms with E-state index in [0.29, 0.717) is 16.5 Å². The van der Waals surface area contributed by atoms with E-state index in [-0.39, 0.29) is 5.69 Å². The van der Waals surface area contributed by atoms with Gasteiger partial charge in [-0.05, 0) is 31.5 Å². The standard InChI is InChI=1S/C14H12ClN5O/c1-7-8(2)19-12-10(7)13(18-6-17-12)20-14(21)11-9(15)4-3-5-16-11/h3-6H,1-2H3,(H2,17,18,19,20,21). The Bertz CT molecular complexity index is 842. The highest BCUT2D eigenvalue weighted by molar-refractivity contribution is 6.34. The molecule has 0 aliphatic rings. The van der Waals surface area contributed by atoms with Crippen molar-refractivity contribution in [2.45, 2.75) is 13.8 Å². The first-order chi connectivity index (χ1) is 10.1. The molecule has 3 aromatic rings. The molecule has 0 bridgehead atoms. The van der Waals surface area contributed by atoms with Crippen molar-refractivity contribution in [3.8, 4) is 0 Å². The summed E-state index contributed by atoms with van der Waals surface area (Å²) >= 11 is 5.98. The van der Waals surface area contributed by atoms with Crippen molar-refractivity contribution in [2.75, 3.05) is 5.32 Å². The molecule has 0 aliphatic carbocycles. The molecular weight excluding hydrogens is 290 g/mol. The van der Waals surface area contributed by atoms with Gasteiger partial charge in [-0.25, -0.2) is 15.0 Å². The zero-order chi connectivity index (χ0) is 15.0. The van der Waals surface area contributed by atoms with E-state index in [1.807, 2.05) is 13.8 Å². The Kier molecular flexibility index (Phi) is 3.31. The Morgan fingerprint density at radius 3 is 2.86 bits per heavy atom. The highest BCUT2D eigenvalue weighted by Crippen LogP contribution is 2.26. The normalized spacial score (nSPS) is 10.8. The predicted molar refractivity (Wildman–Crippen MR) is 80.6 cm³/mol. The van der Waals surface area contributed by atoms with Gasteiger partial charge in [-0.3, -0.25) is 4.79 Å². The van der Waals surface area contributed by atoms with Crippen LogP contribution in [0.15, 0.2) is 24.7 Å². The molecule has 0 fully saturated rings. The Hall–Kier alpha value is -2.47. The summed E-state index contributed by atoms with van der Waals surface area (Å²) in [6.45, 7) is 3.89. The lowest BCUT2D eigenvalue weighted by Crippen LogP contribution is -2.15. The second kappa shape index (κ2) is 5.14. The van der Waals surface area contributed by atoms with Gasteiger partial charge in [-0.15, -0.1) is 0 Å². The summed E-state index contributed by atoms with van der Waals surface area (Å²) in [5.74, 6) is 0.0347. The number of aryl methyl sites for hydroxylation is 2. The molecule has 0 unspecified atom stereocenters. The number of carbonyl (C=O) groups excluding carboxylic acids is 1. The van der Waals surface area contributed by atoms with Crippen molar-refractivity contribution in [2.24, 2.45) is 0 Å². The smallest absolute Gasteiger partial charge is 0.276 e. The van der Waals surface area contributed by atoms with Gasteiger partial charge in [0.1, 0.15) is 23.5 Å². The second-order valence-electron chi connectivity index (χ2n) is 4.61. The Balaban J connectivity index is 2.03. The number of fused-ring (bicyclic) bond motifs is 1. The van der Waals surface area contributed by atoms with Crippen LogP contribution in [0, 0.1) is 13.8 Å². The van der Waals surface area contributed by atoms with E-state index in [4.69, 9.17) is 11.6 Å². The molecule has 6 nitrogen and oxygen atoms in total. The van der Waals surface area contributed by atoms with Crippen LogP contribution in [0.2, 0.25) is 5.02 Å². The van der Waals surface area contributed by atoms with Gasteiger partial charge < -0.3 is 10.3 Å². The minimum absolute atomic E-state index is 0.163. The molecular formula is C14H12ClN5O. The SMILES string of the molecule is Cc1[nH]c2ncnc(NC(=O)c3ncccc3Cl)c2c1C. The van der Waals surface area contributed by atoms with Gasteiger partial charge in [0.15, 0.2) is 0 Å². The number of pyridine rings is 1. The number of hydrogen-bond donors (Lipinski definition) is 2. The number of aromatic nitrogens is 4. The van der Waals surface area contributed by atoms with Crippen molar-refractivity contribution in [1.29, 1.82) is 0 Å². The van der Waals surface area contributed by atoms with Crippen LogP contribution < -0.4 is 5.32 Å². The predicted octanol–water partition coefficient (Wildman–Crippen LogP) is 2.88. The lowest BCUT2D eigenvalue weighted by Gasteiger charge is -2.06. The number of amides is 1. The molecule has 0 spiro atoms. The molecule has 106 valence electrons. The summed E-state index contributed by atoms with van der Waals surface area (Å²) in [5.41, 5.74) is 2.82. The minimum atomic E-state index is -0.404. The fraction of sp³-hybridized carbons (Fsp3) is 0.143. The van der Waals surface area contributed by atoms with Crippen LogP contribution in [0.3, 0.4) is 0 Å². The first kappa shape index (κ1) is 13.5. The molecule has 3 heterocycles. The Morgan fingerprint density at radius 2 is 2.10 bits per heavy atom. The van der Waals surface area contributed by atoms with Crippen molar-refractivity contribution in [3.63, 3.8) is 0 Å². The van der Waals surface area contributed by atoms with Gasteiger partial charge in [0.05, 0.1) is 10.4 Å². The van der Waals surface area contributed by atoms with E-state index in [1.165, 1.54) is 12.5 Å². The summed E-state index contributed by atoms with van der Waals surface area (Å²) in [6.07, 6.45) is 2.91. The van der Waals surface area contributed by atoms with Crippen molar-refractivity contribution < 1.29 is 4.79 Å². The number of carbonyl (C=O) groups is 1. The first-order valence-electron chi connectivity index (χ1n) is 6.29. The number of anilines is 1. The van der Waals surface area contributed by atoms with Crippen molar-refractivity contribution >= 4 is 34.4 Å². The highest BCUT2D eigenvalue weighted by Gasteiger charge is 2.16. The summed E-state index contributed by atoms with van der Waals surface area (Å²) in [7, 11) is 0. The second-order valence-corrected chi connectivity index (χ2v) is 5.02. The third-order valence-corrected chi connectivity index (χ3v) is 3.60. The average Bonchev–Trinajstić information content (AvgIpc) is 2.75. The lowest BCUT2D eigenvalue weighted by molar-refractivity contribution is 0.102. The maximum absolute atomic E-state index is 12.3. The van der Waals surface area contributed by atoms with Crippen LogP contribution in [-0.4, -0.2) is 25.8 Å². The van der Waals surface area contributed by atoms with Gasteiger partial charge in [0, 0.05) is 11.9 Å². The Morgan fingerprint density at radius 1 is 1.29 bits per heavy atom. The van der Waals surface area contributed by atoms with Gasteiger partial charge >= 0.3 is 0 Å². The molecule has 3 aromatic heterocycles. The number of hydrogen-bond acceptors (Lipinski definition) is 4. The lowest BCUT2D eigenvalue weighted by atomic mass is 10.2. The fourth-order valence-corrected chi connectivity index (χ4v) is 2.32. The average molecular weight is 302 g/mol. The number of H-pyrrole nitrogens is 1. The molecule has 7 heteroatoms. The van der Waals surface area contributed by atoms with Gasteiger partial charge in [0.25, 0.3) is 5.91 Å². The maximum atomic E-state index is 12.3. The van der Waals surface area contributed by atoms with Crippen LogP contribution in [0.1, 0.15) is 21.7 Å². The highest BCUT2D eigenvalue weighted by atomic mass is 35.5. The molecule has 0 radical (unpaired) electrons. The number of nitrogens with zero attached hydrogens (tertiary/aromatic N) is 3. The molecule has 21 heavy (non-hydrogen) atoms. The van der Waals surface area contributed by atoms with E-state index in [2.05, 4.69) is 25.3 Å². The van der Waals surface area contributed by atoms with E-state index < -0.39 is 5.91 Å². The van der Waals surface area contributed by atoms with Crippen LogP contribution in [0.25, 0.3) is 11.0 Å². The summed E-state index contributed by atoms with van der Waals surface area (Å²) in [6, 6.07) is 3.28. The summed E-state index contributed by atoms with van der Waals surface area (Å²) in [5, 5.41) is 3.82.